The zero-order chi connectivity index (χ0) is 25.7. The van der Waals surface area contributed by atoms with E-state index in [1.165, 1.54) is 4.80 Å². The van der Waals surface area contributed by atoms with E-state index in [1.54, 1.807) is 7.05 Å². The average molecular weight is 511 g/mol. The molecule has 2 aliphatic heterocycles. The van der Waals surface area contributed by atoms with Crippen LogP contribution in [0.2, 0.25) is 0 Å². The first-order valence-electron chi connectivity index (χ1n) is 11.4. The first kappa shape index (κ1) is 24.7. The molecule has 192 valence electrons. The van der Waals surface area contributed by atoms with E-state index in [-0.39, 0.29) is 23.6 Å². The van der Waals surface area contributed by atoms with Gasteiger partial charge in [-0.1, -0.05) is 30.3 Å². The second kappa shape index (κ2) is 8.84. The van der Waals surface area contributed by atoms with E-state index < -0.39 is 41.7 Å². The molecule has 2 aromatic carbocycles. The Kier molecular flexibility index (Phi) is 6.06. The summed E-state index contributed by atoms with van der Waals surface area (Å²) in [5, 5.41) is 16.1. The Hall–Kier alpha value is -2.99. The van der Waals surface area contributed by atoms with Gasteiger partial charge in [0.2, 0.25) is 0 Å². The molecule has 0 spiro atoms. The summed E-state index contributed by atoms with van der Waals surface area (Å²) in [7, 11) is 1.67. The molecule has 2 bridgehead atoms. The second-order valence-corrected chi connectivity index (χ2v) is 9.33. The van der Waals surface area contributed by atoms with E-state index in [0.29, 0.717) is 37.2 Å². The molecule has 4 unspecified atom stereocenters. The molecule has 12 heteroatoms. The maximum absolute atomic E-state index is 13.3. The summed E-state index contributed by atoms with van der Waals surface area (Å²) in [4.78, 5) is 1.38. The van der Waals surface area contributed by atoms with E-state index in [2.05, 4.69) is 20.7 Å². The summed E-state index contributed by atoms with van der Waals surface area (Å²) in [5.41, 5.74) is -2.68. The molecular weight excluding hydrogens is 488 g/mol. The molecule has 2 saturated heterocycles. The van der Waals surface area contributed by atoms with E-state index >= 15 is 0 Å². The van der Waals surface area contributed by atoms with Crippen LogP contribution < -0.4 is 5.32 Å². The fraction of sp³-hybridized carbons (Fsp3) is 0.458. The number of halogens is 6. The van der Waals surface area contributed by atoms with Crippen LogP contribution in [0, 0.1) is 0 Å². The van der Waals surface area contributed by atoms with Crippen molar-refractivity contribution in [2.24, 2.45) is 7.05 Å². The number of tetrazole rings is 1. The van der Waals surface area contributed by atoms with Crippen LogP contribution in [0.1, 0.15) is 53.3 Å². The number of piperidine rings is 1. The van der Waals surface area contributed by atoms with Crippen LogP contribution in [0.15, 0.2) is 48.5 Å². The quantitative estimate of drug-likeness (QED) is 0.491. The summed E-state index contributed by atoms with van der Waals surface area (Å²) in [6, 6.07) is 11.1. The van der Waals surface area contributed by atoms with Crippen molar-refractivity contribution >= 4 is 0 Å². The number of ether oxygens (including phenoxy) is 1. The van der Waals surface area contributed by atoms with Gasteiger partial charge in [0.25, 0.3) is 0 Å². The van der Waals surface area contributed by atoms with Crippen molar-refractivity contribution in [2.75, 3.05) is 0 Å². The van der Waals surface area contributed by atoms with Crippen molar-refractivity contribution in [2.45, 2.75) is 61.8 Å². The predicted octanol–water partition coefficient (Wildman–Crippen LogP) is 4.97. The zero-order valence-electron chi connectivity index (χ0n) is 19.1. The van der Waals surface area contributed by atoms with Crippen LogP contribution in [0.3, 0.4) is 0 Å². The maximum Gasteiger partial charge on any atom is 0.416 e. The second-order valence-electron chi connectivity index (χ2n) is 9.33. The SMILES string of the molecule is Cn1nnc(C2CC3(c4ccccc4)NC2CCC3OCc2cc(C(F)(F)F)cc(C(F)(F)F)c2)n1. The fourth-order valence-electron chi connectivity index (χ4n) is 5.42. The summed E-state index contributed by atoms with van der Waals surface area (Å²) >= 11 is 0. The van der Waals surface area contributed by atoms with Crippen molar-refractivity contribution in [1.29, 1.82) is 0 Å². The van der Waals surface area contributed by atoms with Crippen LogP contribution >= 0.6 is 0 Å². The number of rotatable bonds is 5. The summed E-state index contributed by atoms with van der Waals surface area (Å²) in [6.07, 6.45) is -8.53. The number of fused-ring (bicyclic) bond motifs is 2. The van der Waals surface area contributed by atoms with E-state index in [0.717, 1.165) is 5.56 Å². The Morgan fingerprint density at radius 1 is 1.00 bits per heavy atom. The summed E-state index contributed by atoms with van der Waals surface area (Å²) in [5.74, 6) is 0.513. The van der Waals surface area contributed by atoms with Gasteiger partial charge in [-0.3, -0.25) is 0 Å². The number of aryl methyl sites for hydroxylation is 1. The van der Waals surface area contributed by atoms with Crippen molar-refractivity contribution in [1.82, 2.24) is 25.5 Å². The summed E-state index contributed by atoms with van der Waals surface area (Å²) < 4.78 is 86.0. The number of nitrogens with one attached hydrogen (secondary N) is 1. The highest BCUT2D eigenvalue weighted by Crippen LogP contribution is 2.50. The van der Waals surface area contributed by atoms with E-state index in [9.17, 15) is 26.3 Å². The van der Waals surface area contributed by atoms with Crippen molar-refractivity contribution in [3.05, 3.63) is 76.6 Å². The van der Waals surface area contributed by atoms with E-state index in [1.807, 2.05) is 30.3 Å². The Labute approximate surface area is 202 Å². The highest BCUT2D eigenvalue weighted by molar-refractivity contribution is 5.35. The van der Waals surface area contributed by atoms with Gasteiger partial charge in [-0.05, 0) is 53.8 Å². The molecule has 3 heterocycles. The molecule has 5 rings (SSSR count). The number of alkyl halides is 6. The molecule has 0 aliphatic carbocycles. The van der Waals surface area contributed by atoms with Crippen LogP contribution in [0.25, 0.3) is 0 Å². The summed E-state index contributed by atoms with van der Waals surface area (Å²) in [6.45, 7) is -0.396. The number of hydrogen-bond acceptors (Lipinski definition) is 5. The zero-order valence-corrected chi connectivity index (χ0v) is 19.1. The van der Waals surface area contributed by atoms with Gasteiger partial charge in [-0.2, -0.15) is 31.1 Å². The van der Waals surface area contributed by atoms with Crippen LogP contribution in [0.4, 0.5) is 26.3 Å². The Morgan fingerprint density at radius 3 is 2.25 bits per heavy atom. The lowest BCUT2D eigenvalue weighted by atomic mass is 9.80. The lowest BCUT2D eigenvalue weighted by Crippen LogP contribution is -2.54. The standard InChI is InChI=1S/C24H23F6N5O/c1-35-33-21(32-34-35)18-12-22(15-5-3-2-4-6-15)20(8-7-19(18)31-22)36-13-14-9-16(23(25,26)27)11-17(10-14)24(28,29)30/h2-6,9-11,18-20,31H,7-8,12-13H2,1H3. The van der Waals surface area contributed by atoms with Crippen molar-refractivity contribution in [3.8, 4) is 0 Å². The Morgan fingerprint density at radius 2 is 1.67 bits per heavy atom. The molecular formula is C24H23F6N5O. The van der Waals surface area contributed by atoms with Gasteiger partial charge in [-0.15, -0.1) is 10.2 Å². The highest BCUT2D eigenvalue weighted by Gasteiger charge is 2.55. The normalized spacial score (nSPS) is 26.4. The van der Waals surface area contributed by atoms with Crippen LogP contribution in [-0.4, -0.2) is 32.4 Å². The average Bonchev–Trinajstić information content (AvgIpc) is 3.39. The topological polar surface area (TPSA) is 64.9 Å². The molecule has 0 radical (unpaired) electrons. The van der Waals surface area contributed by atoms with Crippen LogP contribution in [-0.2, 0) is 36.3 Å². The Bertz CT molecular complexity index is 1200. The first-order valence-corrected chi connectivity index (χ1v) is 11.4. The minimum Gasteiger partial charge on any atom is -0.371 e. The molecule has 3 aromatic rings. The maximum atomic E-state index is 13.3. The number of aromatic nitrogens is 4. The molecule has 2 fully saturated rings. The van der Waals surface area contributed by atoms with Gasteiger partial charge >= 0.3 is 12.4 Å². The van der Waals surface area contributed by atoms with Crippen molar-refractivity contribution in [3.63, 3.8) is 0 Å². The largest absolute Gasteiger partial charge is 0.416 e. The third-order valence-electron chi connectivity index (χ3n) is 7.00. The van der Waals surface area contributed by atoms with Gasteiger partial charge in [0.15, 0.2) is 5.82 Å². The Balaban J connectivity index is 1.46. The van der Waals surface area contributed by atoms with Gasteiger partial charge in [-0.25, -0.2) is 0 Å². The lowest BCUT2D eigenvalue weighted by molar-refractivity contribution is -0.143. The first-order chi connectivity index (χ1) is 17.0. The van der Waals surface area contributed by atoms with Gasteiger partial charge in [0.1, 0.15) is 0 Å². The highest BCUT2D eigenvalue weighted by atomic mass is 19.4. The number of nitrogens with zero attached hydrogens (tertiary/aromatic N) is 4. The van der Waals surface area contributed by atoms with Crippen molar-refractivity contribution < 1.29 is 31.1 Å². The third kappa shape index (κ3) is 4.59. The molecule has 0 saturated carbocycles. The molecule has 1 aromatic heterocycles. The molecule has 4 atom stereocenters. The number of benzene rings is 2. The van der Waals surface area contributed by atoms with Gasteiger partial charge in [0.05, 0.1) is 36.4 Å². The smallest absolute Gasteiger partial charge is 0.371 e. The fourth-order valence-corrected chi connectivity index (χ4v) is 5.42. The molecule has 0 amide bonds. The molecule has 36 heavy (non-hydrogen) atoms. The van der Waals surface area contributed by atoms with E-state index in [4.69, 9.17) is 4.74 Å². The lowest BCUT2D eigenvalue weighted by Gasteiger charge is -2.42. The monoisotopic (exact) mass is 511 g/mol. The molecule has 1 N–H and O–H groups in total. The van der Waals surface area contributed by atoms with Gasteiger partial charge < -0.3 is 10.1 Å². The molecule has 6 nitrogen and oxygen atoms in total. The van der Waals surface area contributed by atoms with Gasteiger partial charge in [0, 0.05) is 12.0 Å². The minimum atomic E-state index is -4.91. The third-order valence-corrected chi connectivity index (χ3v) is 7.00. The molecule has 2 aliphatic rings. The van der Waals surface area contributed by atoms with Crippen LogP contribution in [0.5, 0.6) is 0 Å². The minimum absolute atomic E-state index is 0.0274. The predicted molar refractivity (Wildman–Crippen MR) is 115 cm³/mol. The number of hydrogen-bond donors (Lipinski definition) is 1.